The van der Waals surface area contributed by atoms with Gasteiger partial charge < -0.3 is 133 Å². The van der Waals surface area contributed by atoms with Crippen LogP contribution in [-0.2, 0) is 56.8 Å². The molecule has 0 radical (unpaired) electrons. The zero-order valence-corrected chi connectivity index (χ0v) is 47.5. The highest BCUT2D eigenvalue weighted by Gasteiger charge is 2.70. The van der Waals surface area contributed by atoms with Crippen molar-refractivity contribution in [1.82, 2.24) is 0 Å². The number of fused-ring (bicyclic) bond motifs is 7. The summed E-state index contributed by atoms with van der Waals surface area (Å²) in [6, 6.07) is 0. The minimum Gasteiger partial charge on any atom is -0.394 e. The minimum atomic E-state index is -2.09. The molecule has 1 spiro atoms. The van der Waals surface area contributed by atoms with E-state index in [-0.39, 0.29) is 23.0 Å². The van der Waals surface area contributed by atoms with Gasteiger partial charge in [-0.3, -0.25) is 0 Å². The average molecular weight is 1200 g/mol. The Bertz CT molecular complexity index is 2140. The van der Waals surface area contributed by atoms with Crippen molar-refractivity contribution in [1.29, 1.82) is 0 Å². The predicted molar refractivity (Wildman–Crippen MR) is 275 cm³/mol. The third-order valence-electron chi connectivity index (χ3n) is 22.1. The second-order valence-corrected chi connectivity index (χ2v) is 26.7. The van der Waals surface area contributed by atoms with Gasteiger partial charge in [0.25, 0.3) is 0 Å². The zero-order chi connectivity index (χ0) is 59.4. The summed E-state index contributed by atoms with van der Waals surface area (Å²) in [7, 11) is 0. The van der Waals surface area contributed by atoms with Gasteiger partial charge in [-0.15, -0.1) is 0 Å². The first kappa shape index (κ1) is 63.5. The van der Waals surface area contributed by atoms with E-state index in [1.165, 1.54) is 0 Å². The molecule has 11 fully saturated rings. The number of hydrogen-bond donors (Lipinski definition) is 15. The van der Waals surface area contributed by atoms with E-state index in [1.54, 1.807) is 0 Å². The molecule has 0 bridgehead atoms. The van der Waals surface area contributed by atoms with Crippen LogP contribution in [0.5, 0.6) is 0 Å². The fraction of sp³-hybridized carbons (Fsp3) is 1.00. The molecule has 36 unspecified atom stereocenters. The number of rotatable bonds is 14. The van der Waals surface area contributed by atoms with E-state index in [1.807, 2.05) is 0 Å². The molecule has 11 aliphatic rings. The highest BCUT2D eigenvalue weighted by molar-refractivity contribution is 5.16. The maximum atomic E-state index is 12.0. The molecular weight excluding hydrogens is 1100 g/mol. The fourth-order valence-corrected chi connectivity index (χ4v) is 17.3. The number of ether oxygens (including phenoxy) is 12. The predicted octanol–water partition coefficient (Wildman–Crippen LogP) is -4.45. The summed E-state index contributed by atoms with van der Waals surface area (Å²) in [6.45, 7) is 6.09. The molecule has 7 heterocycles. The molecule has 0 aromatic heterocycles. The quantitative estimate of drug-likeness (QED) is 0.0730. The Hall–Kier alpha value is -1.08. The first-order valence-electron chi connectivity index (χ1n) is 30.3. The van der Waals surface area contributed by atoms with Gasteiger partial charge in [0.1, 0.15) is 116 Å². The minimum absolute atomic E-state index is 0.0436. The van der Waals surface area contributed by atoms with Gasteiger partial charge in [-0.05, 0) is 104 Å². The van der Waals surface area contributed by atoms with Crippen LogP contribution in [0.2, 0.25) is 0 Å². The Labute approximate surface area is 481 Å². The molecule has 4 saturated carbocycles. The average Bonchev–Trinajstić information content (AvgIpc) is 1.80. The van der Waals surface area contributed by atoms with Crippen molar-refractivity contribution in [3.8, 4) is 0 Å². The van der Waals surface area contributed by atoms with Crippen LogP contribution in [0.1, 0.15) is 91.9 Å². The lowest BCUT2D eigenvalue weighted by Crippen LogP contribution is -2.69. The summed E-state index contributed by atoms with van der Waals surface area (Å²) in [5.74, 6) is 2.80. The van der Waals surface area contributed by atoms with Crippen LogP contribution in [0, 0.1) is 52.3 Å². The van der Waals surface area contributed by atoms with Crippen LogP contribution in [0.3, 0.4) is 0 Å². The van der Waals surface area contributed by atoms with E-state index in [0.717, 1.165) is 58.0 Å². The van der Waals surface area contributed by atoms with Crippen molar-refractivity contribution in [2.45, 2.75) is 257 Å². The molecule has 27 nitrogen and oxygen atoms in total. The lowest BCUT2D eigenvalue weighted by molar-refractivity contribution is -0.414. The van der Waals surface area contributed by atoms with Gasteiger partial charge >= 0.3 is 0 Å². The van der Waals surface area contributed by atoms with E-state index < -0.39 is 186 Å². The molecule has 0 amide bonds. The highest BCUT2D eigenvalue weighted by atomic mass is 16.8. The highest BCUT2D eigenvalue weighted by Crippen LogP contribution is 2.71. The SMILES string of the molecule is CC1CCC2(OC1)OC1CC3C4CCC5CC(OC6OC(CO)C(OC7OC(CO)C(O)C(OC8OC(CO)C(O)C(O)C8O)C7OC7OC(CO)C(O)C(O)C7OC7OCC(O)C(O)C7O)C(O)C6O)CCC5(C)C4CCC3(C)C1C2C. The van der Waals surface area contributed by atoms with Crippen LogP contribution in [0.4, 0.5) is 0 Å². The van der Waals surface area contributed by atoms with Crippen molar-refractivity contribution in [2.24, 2.45) is 52.3 Å². The van der Waals surface area contributed by atoms with E-state index in [4.69, 9.17) is 56.8 Å². The fourth-order valence-electron chi connectivity index (χ4n) is 17.3. The summed E-state index contributed by atoms with van der Waals surface area (Å²) in [5, 5.41) is 164. The first-order valence-corrected chi connectivity index (χ1v) is 30.3. The Balaban J connectivity index is 0.799. The van der Waals surface area contributed by atoms with Gasteiger partial charge in [-0.25, -0.2) is 0 Å². The van der Waals surface area contributed by atoms with Crippen molar-refractivity contribution >= 4 is 0 Å². The molecule has 27 heteroatoms. The standard InChI is InChI=1S/C56H92O27/c1-21-7-12-56(73-19-21)22(2)34-29(83-56)14-27-25-6-5-23-13-24(8-10-54(23,3)26(25)9-11-55(27,34)4)74-50-44(71)41(68)45(33(18-60)78-50)79-53-48(46(38(65)32(17-59)77-53)80-51-43(70)39(66)36(63)30(15-57)75-51)82-52-47(40(67)37(64)31(16-58)76-52)81-49-42(69)35(62)28(61)20-72-49/h21-53,57-71H,5-20H2,1-4H3. The van der Waals surface area contributed by atoms with E-state index in [9.17, 15) is 76.6 Å². The lowest BCUT2D eigenvalue weighted by atomic mass is 9.44. The summed E-state index contributed by atoms with van der Waals surface area (Å²) in [6.07, 6.45) is -35.0. The van der Waals surface area contributed by atoms with E-state index in [0.29, 0.717) is 54.3 Å². The number of aliphatic hydroxyl groups excluding tert-OH is 15. The van der Waals surface area contributed by atoms with Crippen LogP contribution < -0.4 is 0 Å². The molecule has 478 valence electrons. The second kappa shape index (κ2) is 25.0. The van der Waals surface area contributed by atoms with Gasteiger partial charge in [0.2, 0.25) is 0 Å². The molecule has 0 aromatic carbocycles. The van der Waals surface area contributed by atoms with Gasteiger partial charge in [-0.1, -0.05) is 27.7 Å². The smallest absolute Gasteiger partial charge is 0.187 e. The Morgan fingerprint density at radius 2 is 1.00 bits per heavy atom. The molecule has 36 atom stereocenters. The van der Waals surface area contributed by atoms with Crippen molar-refractivity contribution < 1.29 is 133 Å². The van der Waals surface area contributed by atoms with E-state index >= 15 is 0 Å². The molecule has 7 aliphatic heterocycles. The van der Waals surface area contributed by atoms with Crippen LogP contribution in [-0.4, -0.2) is 282 Å². The van der Waals surface area contributed by atoms with Crippen molar-refractivity contribution in [3.05, 3.63) is 0 Å². The summed E-state index contributed by atoms with van der Waals surface area (Å²) >= 11 is 0. The Kier molecular flexibility index (Phi) is 19.1. The molecule has 0 aromatic rings. The van der Waals surface area contributed by atoms with Gasteiger partial charge in [-0.2, -0.15) is 0 Å². The summed E-state index contributed by atoms with van der Waals surface area (Å²) in [5.41, 5.74) is 0.211. The Morgan fingerprint density at radius 3 is 1.67 bits per heavy atom. The monoisotopic (exact) mass is 1200 g/mol. The maximum absolute atomic E-state index is 12.0. The van der Waals surface area contributed by atoms with Gasteiger partial charge in [0.15, 0.2) is 37.2 Å². The summed E-state index contributed by atoms with van der Waals surface area (Å²) < 4.78 is 73.9. The Morgan fingerprint density at radius 1 is 0.446 bits per heavy atom. The molecule has 7 saturated heterocycles. The first-order chi connectivity index (χ1) is 39.5. The van der Waals surface area contributed by atoms with Gasteiger partial charge in [0.05, 0.1) is 51.8 Å². The molecular formula is C56H92O27. The van der Waals surface area contributed by atoms with Crippen molar-refractivity contribution in [2.75, 3.05) is 39.6 Å². The molecule has 4 aliphatic carbocycles. The normalized spacial score (nSPS) is 57.4. The third-order valence-corrected chi connectivity index (χ3v) is 22.1. The molecule has 83 heavy (non-hydrogen) atoms. The van der Waals surface area contributed by atoms with Crippen LogP contribution in [0.15, 0.2) is 0 Å². The van der Waals surface area contributed by atoms with Crippen LogP contribution >= 0.6 is 0 Å². The lowest BCUT2D eigenvalue weighted by Gasteiger charge is -2.61. The number of hydrogen-bond acceptors (Lipinski definition) is 27. The maximum Gasteiger partial charge on any atom is 0.187 e. The van der Waals surface area contributed by atoms with Crippen molar-refractivity contribution in [3.63, 3.8) is 0 Å². The zero-order valence-electron chi connectivity index (χ0n) is 47.5. The molecule has 15 N–H and O–H groups in total. The van der Waals surface area contributed by atoms with E-state index in [2.05, 4.69) is 27.7 Å². The van der Waals surface area contributed by atoms with Crippen LogP contribution in [0.25, 0.3) is 0 Å². The second-order valence-electron chi connectivity index (χ2n) is 26.7. The topological polar surface area (TPSA) is 414 Å². The third kappa shape index (κ3) is 11.2. The largest absolute Gasteiger partial charge is 0.394 e. The van der Waals surface area contributed by atoms with Gasteiger partial charge in [0, 0.05) is 12.3 Å². The number of aliphatic hydroxyl groups is 15. The molecule has 11 rings (SSSR count). The summed E-state index contributed by atoms with van der Waals surface area (Å²) in [4.78, 5) is 0.